The van der Waals surface area contributed by atoms with Crippen LogP contribution in [0.4, 0.5) is 18.3 Å². The van der Waals surface area contributed by atoms with E-state index in [0.29, 0.717) is 30.2 Å². The highest BCUT2D eigenvalue weighted by atomic mass is 32.1. The number of likely N-dealkylation sites (tertiary alicyclic amines) is 1. The van der Waals surface area contributed by atoms with Crippen LogP contribution in [-0.2, 0) is 22.2 Å². The van der Waals surface area contributed by atoms with Crippen LogP contribution in [0.5, 0.6) is 0 Å². The molecule has 3 rings (SSSR count). The van der Waals surface area contributed by atoms with Gasteiger partial charge < -0.3 is 10.2 Å². The molecule has 2 heterocycles. The molecule has 0 aliphatic carbocycles. The Kier molecular flexibility index (Phi) is 5.50. The molecule has 1 aromatic carbocycles. The molecule has 1 aromatic heterocycles. The summed E-state index contributed by atoms with van der Waals surface area (Å²) in [7, 11) is 0. The molecule has 1 aliphatic rings. The molecule has 1 fully saturated rings. The number of alkyl halides is 3. The predicted molar refractivity (Wildman–Crippen MR) is 95.4 cm³/mol. The molecule has 1 N–H and O–H groups in total. The first-order chi connectivity index (χ1) is 12.8. The number of nitrogens with one attached hydrogen (secondary N) is 1. The van der Waals surface area contributed by atoms with Crippen molar-refractivity contribution in [2.45, 2.75) is 25.9 Å². The number of amides is 2. The summed E-state index contributed by atoms with van der Waals surface area (Å²) in [4.78, 5) is 30.5. The highest BCUT2D eigenvalue weighted by Gasteiger charge is 2.33. The van der Waals surface area contributed by atoms with Crippen LogP contribution < -0.4 is 5.32 Å². The molecule has 9 heteroatoms. The van der Waals surface area contributed by atoms with Crippen molar-refractivity contribution in [3.63, 3.8) is 0 Å². The van der Waals surface area contributed by atoms with Gasteiger partial charge in [-0.1, -0.05) is 18.2 Å². The number of carbonyl (C=O) groups is 2. The zero-order valence-corrected chi connectivity index (χ0v) is 15.4. The van der Waals surface area contributed by atoms with Crippen molar-refractivity contribution < 1.29 is 22.8 Å². The summed E-state index contributed by atoms with van der Waals surface area (Å²) in [6.45, 7) is 2.82. The van der Waals surface area contributed by atoms with Crippen LogP contribution in [-0.4, -0.2) is 34.8 Å². The molecular formula is C18H18F3N3O2S. The van der Waals surface area contributed by atoms with Crippen molar-refractivity contribution in [2.75, 3.05) is 18.4 Å². The Bertz CT molecular complexity index is 850. The third-order valence-electron chi connectivity index (χ3n) is 4.38. The van der Waals surface area contributed by atoms with Gasteiger partial charge in [0.1, 0.15) is 0 Å². The van der Waals surface area contributed by atoms with Gasteiger partial charge in [0.15, 0.2) is 5.13 Å². The highest BCUT2D eigenvalue weighted by molar-refractivity contribution is 7.15. The van der Waals surface area contributed by atoms with E-state index in [4.69, 9.17) is 0 Å². The first kappa shape index (κ1) is 19.3. The molecular weight excluding hydrogens is 379 g/mol. The molecule has 0 spiro atoms. The maximum absolute atomic E-state index is 12.8. The van der Waals surface area contributed by atoms with Crippen molar-refractivity contribution in [1.82, 2.24) is 9.88 Å². The third-order valence-corrected chi connectivity index (χ3v) is 5.30. The van der Waals surface area contributed by atoms with E-state index >= 15 is 0 Å². The molecule has 0 unspecified atom stereocenters. The van der Waals surface area contributed by atoms with E-state index in [9.17, 15) is 22.8 Å². The number of thiazole rings is 1. The summed E-state index contributed by atoms with van der Waals surface area (Å²) >= 11 is 1.21. The second-order valence-electron chi connectivity index (χ2n) is 6.33. The van der Waals surface area contributed by atoms with Crippen molar-refractivity contribution in [3.8, 4) is 0 Å². The van der Waals surface area contributed by atoms with Gasteiger partial charge in [-0.25, -0.2) is 4.98 Å². The largest absolute Gasteiger partial charge is 0.416 e. The van der Waals surface area contributed by atoms with Crippen molar-refractivity contribution in [2.24, 2.45) is 5.92 Å². The minimum atomic E-state index is -4.38. The second-order valence-corrected chi connectivity index (χ2v) is 7.44. The second kappa shape index (κ2) is 7.67. The van der Waals surface area contributed by atoms with Gasteiger partial charge in [-0.2, -0.15) is 13.2 Å². The Hall–Kier alpha value is -2.42. The van der Waals surface area contributed by atoms with E-state index in [2.05, 4.69) is 10.3 Å². The zero-order valence-electron chi connectivity index (χ0n) is 14.5. The van der Waals surface area contributed by atoms with Crippen LogP contribution in [0, 0.1) is 5.92 Å². The van der Waals surface area contributed by atoms with E-state index < -0.39 is 17.7 Å². The molecule has 5 nitrogen and oxygen atoms in total. The van der Waals surface area contributed by atoms with Gasteiger partial charge in [0.25, 0.3) is 0 Å². The van der Waals surface area contributed by atoms with Crippen LogP contribution >= 0.6 is 11.3 Å². The topological polar surface area (TPSA) is 62.3 Å². The first-order valence-corrected chi connectivity index (χ1v) is 9.27. The van der Waals surface area contributed by atoms with Crippen LogP contribution in [0.1, 0.15) is 29.3 Å². The predicted octanol–water partition coefficient (Wildman–Crippen LogP) is 3.56. The summed E-state index contributed by atoms with van der Waals surface area (Å²) in [6, 6.07) is 5.14. The first-order valence-electron chi connectivity index (χ1n) is 8.45. The molecule has 2 aromatic rings. The molecule has 0 bridgehead atoms. The number of hydrogen-bond donors (Lipinski definition) is 1. The average molecular weight is 397 g/mol. The number of carbonyl (C=O) groups excluding carboxylic acids is 2. The van der Waals surface area contributed by atoms with Crippen molar-refractivity contribution in [3.05, 3.63) is 46.5 Å². The number of aromatic nitrogens is 1. The number of halogens is 3. The Morgan fingerprint density at radius 3 is 2.85 bits per heavy atom. The van der Waals surface area contributed by atoms with Gasteiger partial charge in [-0.15, -0.1) is 11.3 Å². The minimum absolute atomic E-state index is 0.0398. The summed E-state index contributed by atoms with van der Waals surface area (Å²) in [5.41, 5.74) is -0.171. The van der Waals surface area contributed by atoms with E-state index in [0.717, 1.165) is 17.0 Å². The van der Waals surface area contributed by atoms with Crippen LogP contribution in [0.3, 0.4) is 0 Å². The average Bonchev–Trinajstić information content (AvgIpc) is 3.20. The standard InChI is InChI=1S/C18H18F3N3O2S/c1-2-24-10-12(8-15(24)25)16(26)23-17-22-9-14(27-17)7-11-4-3-5-13(6-11)18(19,20)21/h3-6,9,12H,2,7-8,10H2,1H3,(H,22,23,26)/t12-/m0/s1. The van der Waals surface area contributed by atoms with Crippen molar-refractivity contribution >= 4 is 28.3 Å². The lowest BCUT2D eigenvalue weighted by Crippen LogP contribution is -2.28. The normalized spacial score (nSPS) is 17.4. The zero-order chi connectivity index (χ0) is 19.6. The number of hydrogen-bond acceptors (Lipinski definition) is 4. The Balaban J connectivity index is 1.62. The van der Waals surface area contributed by atoms with E-state index in [-0.39, 0.29) is 18.2 Å². The smallest absolute Gasteiger partial charge is 0.342 e. The van der Waals surface area contributed by atoms with Crippen LogP contribution in [0.15, 0.2) is 30.5 Å². The highest BCUT2D eigenvalue weighted by Crippen LogP contribution is 2.30. The summed E-state index contributed by atoms with van der Waals surface area (Å²) in [5, 5.41) is 3.08. The number of rotatable bonds is 5. The summed E-state index contributed by atoms with van der Waals surface area (Å²) in [5.74, 6) is -0.713. The summed E-state index contributed by atoms with van der Waals surface area (Å²) in [6.07, 6.45) is -2.36. The Labute approximate surface area is 158 Å². The Morgan fingerprint density at radius 2 is 2.19 bits per heavy atom. The van der Waals surface area contributed by atoms with Gasteiger partial charge >= 0.3 is 6.18 Å². The molecule has 1 saturated heterocycles. The molecule has 0 saturated carbocycles. The lowest BCUT2D eigenvalue weighted by molar-refractivity contribution is -0.137. The summed E-state index contributed by atoms with van der Waals surface area (Å²) < 4.78 is 38.4. The fourth-order valence-corrected chi connectivity index (χ4v) is 3.82. The Morgan fingerprint density at radius 1 is 1.41 bits per heavy atom. The molecule has 27 heavy (non-hydrogen) atoms. The maximum Gasteiger partial charge on any atom is 0.416 e. The number of nitrogens with zero attached hydrogens (tertiary/aromatic N) is 2. The lowest BCUT2D eigenvalue weighted by atomic mass is 10.1. The molecule has 1 atom stereocenters. The molecule has 2 amide bonds. The maximum atomic E-state index is 12.8. The lowest BCUT2D eigenvalue weighted by Gasteiger charge is -2.12. The van der Waals surface area contributed by atoms with Gasteiger partial charge in [-0.3, -0.25) is 9.59 Å². The van der Waals surface area contributed by atoms with Crippen LogP contribution in [0.2, 0.25) is 0 Å². The minimum Gasteiger partial charge on any atom is -0.342 e. The fraction of sp³-hybridized carbons (Fsp3) is 0.389. The van der Waals surface area contributed by atoms with Gasteiger partial charge in [-0.05, 0) is 18.6 Å². The van der Waals surface area contributed by atoms with Gasteiger partial charge in [0.2, 0.25) is 11.8 Å². The monoisotopic (exact) mass is 397 g/mol. The SMILES string of the molecule is CCN1C[C@@H](C(=O)Nc2ncc(Cc3cccc(C(F)(F)F)c3)s2)CC1=O. The fourth-order valence-electron chi connectivity index (χ4n) is 2.97. The van der Waals surface area contributed by atoms with Gasteiger partial charge in [0.05, 0.1) is 11.5 Å². The molecule has 1 aliphatic heterocycles. The quantitative estimate of drug-likeness (QED) is 0.839. The van der Waals surface area contributed by atoms with E-state index in [1.54, 1.807) is 17.2 Å². The van der Waals surface area contributed by atoms with Crippen molar-refractivity contribution in [1.29, 1.82) is 0 Å². The van der Waals surface area contributed by atoms with Crippen LogP contribution in [0.25, 0.3) is 0 Å². The molecule has 144 valence electrons. The van der Waals surface area contributed by atoms with Gasteiger partial charge in [0, 0.05) is 37.0 Å². The van der Waals surface area contributed by atoms with E-state index in [1.165, 1.54) is 17.4 Å². The van der Waals surface area contributed by atoms with E-state index in [1.807, 2.05) is 6.92 Å². The number of benzene rings is 1. The third kappa shape index (κ3) is 4.65. The number of anilines is 1. The molecule has 0 radical (unpaired) electrons.